The largest absolute Gasteiger partial charge is 0.454 e. The van der Waals surface area contributed by atoms with E-state index in [1.807, 2.05) is 29.3 Å². The number of anilines is 1. The number of ether oxygens (including phenoxy) is 2. The monoisotopic (exact) mass is 381 g/mol. The van der Waals surface area contributed by atoms with E-state index in [0.717, 1.165) is 56.1 Å². The van der Waals surface area contributed by atoms with Crippen LogP contribution in [0.3, 0.4) is 0 Å². The second-order valence-corrected chi connectivity index (χ2v) is 8.01. The summed E-state index contributed by atoms with van der Waals surface area (Å²) in [6.45, 7) is 4.99. The van der Waals surface area contributed by atoms with E-state index in [1.54, 1.807) is 6.20 Å². The first-order valence-corrected chi connectivity index (χ1v) is 9.92. The molecule has 0 unspecified atom stereocenters. The van der Waals surface area contributed by atoms with Gasteiger partial charge in [-0.25, -0.2) is 0 Å². The van der Waals surface area contributed by atoms with Crippen molar-refractivity contribution in [1.29, 1.82) is 0 Å². The maximum absolute atomic E-state index is 12.4. The van der Waals surface area contributed by atoms with E-state index in [-0.39, 0.29) is 11.3 Å². The highest BCUT2D eigenvalue weighted by Gasteiger charge is 2.35. The molecule has 4 rings (SSSR count). The van der Waals surface area contributed by atoms with Gasteiger partial charge in [0.15, 0.2) is 11.5 Å². The van der Waals surface area contributed by atoms with Crippen molar-refractivity contribution in [2.75, 3.05) is 31.7 Å². The number of amides is 1. The van der Waals surface area contributed by atoms with E-state index in [9.17, 15) is 4.79 Å². The molecule has 0 spiro atoms. The highest BCUT2D eigenvalue weighted by molar-refractivity contribution is 5.77. The predicted molar refractivity (Wildman–Crippen MR) is 108 cm³/mol. The molecule has 2 aromatic rings. The Balaban J connectivity index is 1.31. The Hall–Kier alpha value is -2.76. The molecule has 1 aromatic carbocycles. The zero-order valence-corrected chi connectivity index (χ0v) is 16.3. The van der Waals surface area contributed by atoms with Crippen LogP contribution in [0.5, 0.6) is 11.5 Å². The molecule has 1 aromatic heterocycles. The van der Waals surface area contributed by atoms with Crippen molar-refractivity contribution in [3.63, 3.8) is 0 Å². The van der Waals surface area contributed by atoms with Crippen molar-refractivity contribution >= 4 is 11.6 Å². The molecule has 1 fully saturated rings. The lowest BCUT2D eigenvalue weighted by molar-refractivity contribution is -0.137. The molecule has 0 aliphatic carbocycles. The second-order valence-electron chi connectivity index (χ2n) is 8.01. The summed E-state index contributed by atoms with van der Waals surface area (Å²) in [6, 6.07) is 10.1. The molecule has 2 aliphatic heterocycles. The summed E-state index contributed by atoms with van der Waals surface area (Å²) in [4.78, 5) is 18.5. The minimum absolute atomic E-state index is 0.0817. The number of carbonyl (C=O) groups excluding carboxylic acids is 1. The third-order valence-electron chi connectivity index (χ3n) is 5.53. The number of hydrogen-bond donors (Lipinski definition) is 1. The fourth-order valence-electron chi connectivity index (χ4n) is 4.06. The van der Waals surface area contributed by atoms with Gasteiger partial charge in [0.25, 0.3) is 0 Å². The summed E-state index contributed by atoms with van der Waals surface area (Å²) in [5, 5.41) is 3.36. The number of nitrogens with zero attached hydrogens (tertiary/aromatic N) is 2. The summed E-state index contributed by atoms with van der Waals surface area (Å²) in [5.41, 5.74) is 2.33. The molecule has 28 heavy (non-hydrogen) atoms. The first kappa shape index (κ1) is 18.6. The van der Waals surface area contributed by atoms with Crippen LogP contribution in [0.1, 0.15) is 31.7 Å². The molecule has 1 amide bonds. The molecule has 1 atom stereocenters. The smallest absolute Gasteiger partial charge is 0.231 e. The third-order valence-corrected chi connectivity index (χ3v) is 5.53. The zero-order chi connectivity index (χ0) is 19.4. The molecule has 0 saturated carbocycles. The van der Waals surface area contributed by atoms with Crippen LogP contribution >= 0.6 is 0 Å². The molecule has 0 bridgehead atoms. The van der Waals surface area contributed by atoms with Crippen molar-refractivity contribution in [1.82, 2.24) is 9.88 Å². The predicted octanol–water partition coefficient (Wildman–Crippen LogP) is 3.48. The molecule has 1 N–H and O–H groups in total. The molecule has 6 heteroatoms. The van der Waals surface area contributed by atoms with E-state index in [0.29, 0.717) is 13.2 Å². The van der Waals surface area contributed by atoms with Crippen LogP contribution in [0.4, 0.5) is 5.69 Å². The lowest BCUT2D eigenvalue weighted by Gasteiger charge is -2.40. The number of rotatable bonds is 7. The van der Waals surface area contributed by atoms with Crippen LogP contribution in [-0.2, 0) is 11.2 Å². The average molecular weight is 381 g/mol. The van der Waals surface area contributed by atoms with Gasteiger partial charge >= 0.3 is 0 Å². The van der Waals surface area contributed by atoms with E-state index < -0.39 is 0 Å². The number of benzene rings is 1. The van der Waals surface area contributed by atoms with Gasteiger partial charge in [-0.05, 0) is 54.5 Å². The maximum Gasteiger partial charge on any atom is 0.231 e. The van der Waals surface area contributed by atoms with Gasteiger partial charge in [0.1, 0.15) is 0 Å². The number of nitrogens with one attached hydrogen (secondary N) is 1. The fraction of sp³-hybridized carbons (Fsp3) is 0.455. The highest BCUT2D eigenvalue weighted by Crippen LogP contribution is 2.37. The third kappa shape index (κ3) is 4.38. The molecule has 3 heterocycles. The Bertz CT molecular complexity index is 827. The van der Waals surface area contributed by atoms with E-state index >= 15 is 0 Å². The Morgan fingerprint density at radius 1 is 1.25 bits per heavy atom. The van der Waals surface area contributed by atoms with Gasteiger partial charge in [-0.2, -0.15) is 0 Å². The van der Waals surface area contributed by atoms with Crippen LogP contribution in [0.15, 0.2) is 42.7 Å². The van der Waals surface area contributed by atoms with Gasteiger partial charge in [0, 0.05) is 38.4 Å². The zero-order valence-electron chi connectivity index (χ0n) is 16.3. The Labute approximate surface area is 165 Å². The van der Waals surface area contributed by atoms with Gasteiger partial charge in [-0.15, -0.1) is 0 Å². The normalized spacial score (nSPS) is 21.0. The molecule has 2 aliphatic rings. The Morgan fingerprint density at radius 2 is 2.14 bits per heavy atom. The van der Waals surface area contributed by atoms with Crippen molar-refractivity contribution in [2.24, 2.45) is 5.41 Å². The van der Waals surface area contributed by atoms with Gasteiger partial charge in [0.2, 0.25) is 12.7 Å². The summed E-state index contributed by atoms with van der Waals surface area (Å²) < 4.78 is 10.9. The molecule has 6 nitrogen and oxygen atoms in total. The minimum Gasteiger partial charge on any atom is -0.454 e. The number of pyridine rings is 1. The molecular weight excluding hydrogens is 354 g/mol. The van der Waals surface area contributed by atoms with Crippen LogP contribution in [0, 0.1) is 5.41 Å². The lowest BCUT2D eigenvalue weighted by atomic mass is 9.76. The fourth-order valence-corrected chi connectivity index (χ4v) is 4.06. The number of aromatic nitrogens is 1. The molecular formula is C22H27N3O3. The molecule has 1 saturated heterocycles. The van der Waals surface area contributed by atoms with Crippen molar-refractivity contribution in [2.45, 2.75) is 32.6 Å². The summed E-state index contributed by atoms with van der Waals surface area (Å²) in [6.07, 6.45) is 6.97. The van der Waals surface area contributed by atoms with E-state index in [1.165, 1.54) is 5.56 Å². The molecule has 0 radical (unpaired) electrons. The first-order valence-electron chi connectivity index (χ1n) is 9.92. The standard InChI is InChI=1S/C22H27N3O3/c1-22(13-17-5-6-19-20(12-17)28-16-27-19)8-7-21(26)25(15-22)11-3-10-24-18-4-2-9-23-14-18/h2,4-6,9,12,14,24H,3,7-8,10-11,13,15-16H2,1H3/t22-/m0/s1. The first-order chi connectivity index (χ1) is 13.6. The van der Waals surface area contributed by atoms with Crippen LogP contribution in [0.2, 0.25) is 0 Å². The quantitative estimate of drug-likeness (QED) is 0.744. The van der Waals surface area contributed by atoms with Crippen molar-refractivity contribution in [3.05, 3.63) is 48.3 Å². The SMILES string of the molecule is C[C@@]1(Cc2ccc3c(c2)OCO3)CCC(=O)N(CCCNc2cccnc2)C1. The number of carbonyl (C=O) groups is 1. The number of fused-ring (bicyclic) bond motifs is 1. The maximum atomic E-state index is 12.4. The van der Waals surface area contributed by atoms with E-state index in [4.69, 9.17) is 9.47 Å². The topological polar surface area (TPSA) is 63.7 Å². The highest BCUT2D eigenvalue weighted by atomic mass is 16.7. The number of likely N-dealkylation sites (tertiary alicyclic amines) is 1. The summed E-state index contributed by atoms with van der Waals surface area (Å²) in [7, 11) is 0. The van der Waals surface area contributed by atoms with E-state index in [2.05, 4.69) is 29.4 Å². The van der Waals surface area contributed by atoms with Crippen molar-refractivity contribution in [3.8, 4) is 11.5 Å². The van der Waals surface area contributed by atoms with Gasteiger partial charge in [-0.3, -0.25) is 9.78 Å². The summed E-state index contributed by atoms with van der Waals surface area (Å²) >= 11 is 0. The lowest BCUT2D eigenvalue weighted by Crippen LogP contribution is -2.46. The van der Waals surface area contributed by atoms with Crippen LogP contribution < -0.4 is 14.8 Å². The number of piperidine rings is 1. The van der Waals surface area contributed by atoms with Crippen molar-refractivity contribution < 1.29 is 14.3 Å². The summed E-state index contributed by atoms with van der Waals surface area (Å²) in [5.74, 6) is 1.91. The Morgan fingerprint density at radius 3 is 3.00 bits per heavy atom. The van der Waals surface area contributed by atoms with Crippen LogP contribution in [-0.4, -0.2) is 42.2 Å². The Kier molecular flexibility index (Phi) is 5.37. The van der Waals surface area contributed by atoms with Crippen LogP contribution in [0.25, 0.3) is 0 Å². The average Bonchev–Trinajstić information content (AvgIpc) is 3.16. The van der Waals surface area contributed by atoms with Gasteiger partial charge < -0.3 is 19.7 Å². The van der Waals surface area contributed by atoms with Gasteiger partial charge in [-0.1, -0.05) is 13.0 Å². The molecule has 148 valence electrons. The number of hydrogen-bond acceptors (Lipinski definition) is 5. The van der Waals surface area contributed by atoms with Gasteiger partial charge in [0.05, 0.1) is 5.69 Å². The second kappa shape index (κ2) is 8.09. The minimum atomic E-state index is 0.0817.